The molecule has 0 amide bonds. The Kier molecular flexibility index (Phi) is 5.39. The normalized spacial score (nSPS) is 20.4. The topological polar surface area (TPSA) is 35.5 Å². The molecule has 0 N–H and O–H groups in total. The molecule has 0 saturated carbocycles. The van der Waals surface area contributed by atoms with E-state index in [1.807, 2.05) is 23.1 Å². The van der Waals surface area contributed by atoms with Gasteiger partial charge in [-0.05, 0) is 6.07 Å². The lowest BCUT2D eigenvalue weighted by Gasteiger charge is -2.36. The predicted octanol–water partition coefficient (Wildman–Crippen LogP) is 3.17. The summed E-state index contributed by atoms with van der Waals surface area (Å²) in [5, 5.41) is 0. The van der Waals surface area contributed by atoms with Gasteiger partial charge in [0.05, 0.1) is 0 Å². The first kappa shape index (κ1) is 19.0. The van der Waals surface area contributed by atoms with Crippen LogP contribution in [0.3, 0.4) is 0 Å². The van der Waals surface area contributed by atoms with E-state index in [9.17, 15) is 13.2 Å². The molecule has 0 unspecified atom stereocenters. The predicted molar refractivity (Wildman–Crippen MR) is 102 cm³/mol. The monoisotopic (exact) mass is 391 g/mol. The molecule has 3 heterocycles. The Bertz CT molecular complexity index is 798. The van der Waals surface area contributed by atoms with Crippen LogP contribution in [0.15, 0.2) is 36.7 Å². The number of hydrogen-bond donors (Lipinski definition) is 0. The van der Waals surface area contributed by atoms with Crippen LogP contribution in [0.2, 0.25) is 0 Å². The van der Waals surface area contributed by atoms with Crippen molar-refractivity contribution in [1.82, 2.24) is 14.9 Å². The molecule has 1 aromatic heterocycles. The first-order valence-corrected chi connectivity index (χ1v) is 9.66. The van der Waals surface area contributed by atoms with E-state index >= 15 is 0 Å². The maximum Gasteiger partial charge on any atom is 0.251 e. The van der Waals surface area contributed by atoms with Gasteiger partial charge in [0, 0.05) is 70.3 Å². The second-order valence-electron chi connectivity index (χ2n) is 7.43. The Labute approximate surface area is 162 Å². The van der Waals surface area contributed by atoms with Crippen LogP contribution < -0.4 is 9.80 Å². The summed E-state index contributed by atoms with van der Waals surface area (Å²) in [6.45, 7) is 4.39. The fourth-order valence-electron chi connectivity index (χ4n) is 3.75. The molecule has 2 aliphatic rings. The zero-order valence-electron chi connectivity index (χ0n) is 15.7. The highest BCUT2D eigenvalue weighted by atomic mass is 19.3. The van der Waals surface area contributed by atoms with Crippen molar-refractivity contribution in [3.8, 4) is 0 Å². The molecule has 0 aliphatic carbocycles. The second kappa shape index (κ2) is 7.95. The lowest BCUT2D eigenvalue weighted by Crippen LogP contribution is -2.46. The van der Waals surface area contributed by atoms with E-state index < -0.39 is 5.92 Å². The van der Waals surface area contributed by atoms with Crippen LogP contribution in [0, 0.1) is 5.82 Å². The summed E-state index contributed by atoms with van der Waals surface area (Å²) in [5.74, 6) is -1.22. The number of halogens is 3. The number of alkyl halides is 2. The van der Waals surface area contributed by atoms with E-state index in [1.165, 1.54) is 12.4 Å². The van der Waals surface area contributed by atoms with Crippen molar-refractivity contribution < 1.29 is 13.2 Å². The molecule has 0 bridgehead atoms. The summed E-state index contributed by atoms with van der Waals surface area (Å²) < 4.78 is 40.6. The summed E-state index contributed by atoms with van der Waals surface area (Å²) in [5.41, 5.74) is 0.710. The highest BCUT2D eigenvalue weighted by Gasteiger charge is 2.34. The Morgan fingerprint density at radius 3 is 2.11 bits per heavy atom. The van der Waals surface area contributed by atoms with Gasteiger partial charge in [0.25, 0.3) is 5.92 Å². The molecule has 150 valence electrons. The van der Waals surface area contributed by atoms with E-state index in [0.29, 0.717) is 31.0 Å². The number of piperazine rings is 1. The van der Waals surface area contributed by atoms with Crippen LogP contribution >= 0.6 is 0 Å². The van der Waals surface area contributed by atoms with Crippen LogP contribution in [-0.2, 0) is 6.54 Å². The highest BCUT2D eigenvalue weighted by Crippen LogP contribution is 2.30. The number of piperidine rings is 1. The summed E-state index contributed by atoms with van der Waals surface area (Å²) >= 11 is 0. The minimum Gasteiger partial charge on any atom is -0.356 e. The Hall–Kier alpha value is -2.35. The summed E-state index contributed by atoms with van der Waals surface area (Å²) in [6.07, 6.45) is 1.23. The number of aromatic nitrogens is 2. The van der Waals surface area contributed by atoms with Crippen molar-refractivity contribution in [2.75, 3.05) is 49.1 Å². The number of rotatable bonds is 4. The Morgan fingerprint density at radius 1 is 0.857 bits per heavy atom. The number of hydrogen-bond acceptors (Lipinski definition) is 5. The molecule has 1 aromatic carbocycles. The number of nitrogens with zero attached hydrogens (tertiary/aromatic N) is 5. The maximum atomic E-state index is 13.8. The molecule has 28 heavy (non-hydrogen) atoms. The molecule has 0 spiro atoms. The van der Waals surface area contributed by atoms with Crippen LogP contribution in [0.1, 0.15) is 18.4 Å². The summed E-state index contributed by atoms with van der Waals surface area (Å²) in [6, 6.07) is 8.75. The average molecular weight is 391 g/mol. The molecular weight excluding hydrogens is 367 g/mol. The number of anilines is 2. The van der Waals surface area contributed by atoms with Gasteiger partial charge in [-0.2, -0.15) is 0 Å². The van der Waals surface area contributed by atoms with Crippen molar-refractivity contribution in [3.63, 3.8) is 0 Å². The molecule has 2 saturated heterocycles. The van der Waals surface area contributed by atoms with Gasteiger partial charge in [-0.25, -0.2) is 23.1 Å². The molecule has 2 aromatic rings. The van der Waals surface area contributed by atoms with E-state index in [1.54, 1.807) is 6.07 Å². The first-order valence-electron chi connectivity index (χ1n) is 9.66. The van der Waals surface area contributed by atoms with E-state index in [2.05, 4.69) is 19.8 Å². The largest absolute Gasteiger partial charge is 0.356 e. The zero-order chi connectivity index (χ0) is 19.6. The standard InChI is InChI=1S/C20H24F3N5/c21-17-4-2-1-3-16(17)14-26-9-11-28(12-10-26)19-13-18(24-15-25-19)27-7-5-20(22,23)6-8-27/h1-4,13,15H,5-12,14H2. The molecule has 5 nitrogen and oxygen atoms in total. The zero-order valence-corrected chi connectivity index (χ0v) is 15.7. The van der Waals surface area contributed by atoms with Gasteiger partial charge in [0.15, 0.2) is 0 Å². The van der Waals surface area contributed by atoms with Crippen LogP contribution in [-0.4, -0.2) is 60.1 Å². The van der Waals surface area contributed by atoms with Gasteiger partial charge in [-0.15, -0.1) is 0 Å². The van der Waals surface area contributed by atoms with Crippen molar-refractivity contribution in [1.29, 1.82) is 0 Å². The van der Waals surface area contributed by atoms with Crippen molar-refractivity contribution in [2.24, 2.45) is 0 Å². The van der Waals surface area contributed by atoms with Crippen molar-refractivity contribution in [2.45, 2.75) is 25.3 Å². The minimum atomic E-state index is -2.57. The third kappa shape index (κ3) is 4.38. The van der Waals surface area contributed by atoms with Gasteiger partial charge in [-0.3, -0.25) is 4.90 Å². The molecule has 2 aliphatic heterocycles. The summed E-state index contributed by atoms with van der Waals surface area (Å²) in [7, 11) is 0. The highest BCUT2D eigenvalue weighted by molar-refractivity contribution is 5.50. The fraction of sp³-hybridized carbons (Fsp3) is 0.500. The third-order valence-corrected chi connectivity index (χ3v) is 5.51. The average Bonchev–Trinajstić information content (AvgIpc) is 2.70. The third-order valence-electron chi connectivity index (χ3n) is 5.51. The first-order chi connectivity index (χ1) is 13.5. The van der Waals surface area contributed by atoms with Gasteiger partial charge in [0.2, 0.25) is 0 Å². The fourth-order valence-corrected chi connectivity index (χ4v) is 3.75. The van der Waals surface area contributed by atoms with Gasteiger partial charge in [0.1, 0.15) is 23.8 Å². The lowest BCUT2D eigenvalue weighted by atomic mass is 10.1. The SMILES string of the molecule is Fc1ccccc1CN1CCN(c2cc(N3CCC(F)(F)CC3)ncn2)CC1. The second-order valence-corrected chi connectivity index (χ2v) is 7.43. The molecule has 4 rings (SSSR count). The lowest BCUT2D eigenvalue weighted by molar-refractivity contribution is -0.0221. The molecule has 8 heteroatoms. The maximum absolute atomic E-state index is 13.8. The molecule has 2 fully saturated rings. The molecule has 0 radical (unpaired) electrons. The van der Waals surface area contributed by atoms with Crippen LogP contribution in [0.25, 0.3) is 0 Å². The van der Waals surface area contributed by atoms with E-state index in [4.69, 9.17) is 0 Å². The number of benzene rings is 1. The Morgan fingerprint density at radius 2 is 1.46 bits per heavy atom. The van der Waals surface area contributed by atoms with Crippen LogP contribution in [0.4, 0.5) is 24.8 Å². The van der Waals surface area contributed by atoms with Gasteiger partial charge in [-0.1, -0.05) is 18.2 Å². The van der Waals surface area contributed by atoms with E-state index in [0.717, 1.165) is 32.0 Å². The quantitative estimate of drug-likeness (QED) is 0.800. The molecule has 0 atom stereocenters. The van der Waals surface area contributed by atoms with Crippen LogP contribution in [0.5, 0.6) is 0 Å². The molecular formula is C20H24F3N5. The Balaban J connectivity index is 1.35. The van der Waals surface area contributed by atoms with Gasteiger partial charge < -0.3 is 9.80 Å². The van der Waals surface area contributed by atoms with E-state index in [-0.39, 0.29) is 18.7 Å². The van der Waals surface area contributed by atoms with Gasteiger partial charge >= 0.3 is 0 Å². The smallest absolute Gasteiger partial charge is 0.251 e. The van der Waals surface area contributed by atoms with Crippen molar-refractivity contribution >= 4 is 11.6 Å². The summed E-state index contributed by atoms with van der Waals surface area (Å²) in [4.78, 5) is 14.9. The van der Waals surface area contributed by atoms with Crippen molar-refractivity contribution in [3.05, 3.63) is 48.0 Å². The minimum absolute atomic E-state index is 0.138.